The minimum atomic E-state index is -4.38. The zero-order chi connectivity index (χ0) is 18.2. The molecular weight excluding hydrogens is 374 g/mol. The summed E-state index contributed by atoms with van der Waals surface area (Å²) in [5.74, 6) is -2.16. The fourth-order valence-electron chi connectivity index (χ4n) is 2.09. The van der Waals surface area contributed by atoms with Gasteiger partial charge in [-0.1, -0.05) is 12.1 Å². The Morgan fingerprint density at radius 2 is 1.36 bits per heavy atom. The zero-order valence-corrected chi connectivity index (χ0v) is 14.4. The second-order valence-corrected chi connectivity index (χ2v) is 8.97. The number of anilines is 1. The van der Waals surface area contributed by atoms with Crippen molar-refractivity contribution in [3.63, 3.8) is 0 Å². The molecule has 0 spiro atoms. The first-order valence-corrected chi connectivity index (χ1v) is 10.2. The van der Waals surface area contributed by atoms with Crippen LogP contribution in [0.1, 0.15) is 12.8 Å². The van der Waals surface area contributed by atoms with Crippen LogP contribution >= 0.6 is 0 Å². The average molecular weight is 388 g/mol. The summed E-state index contributed by atoms with van der Waals surface area (Å²) in [5, 5.41) is 0. The van der Waals surface area contributed by atoms with E-state index >= 15 is 0 Å². The predicted molar refractivity (Wildman–Crippen MR) is 87.0 cm³/mol. The van der Waals surface area contributed by atoms with Crippen LogP contribution in [0.2, 0.25) is 0 Å². The summed E-state index contributed by atoms with van der Waals surface area (Å²) in [6.45, 7) is 0. The molecule has 0 aliphatic heterocycles. The topological polar surface area (TPSA) is 92.3 Å². The van der Waals surface area contributed by atoms with Crippen molar-refractivity contribution >= 4 is 25.7 Å². The van der Waals surface area contributed by atoms with Gasteiger partial charge in [0, 0.05) is 6.04 Å². The Morgan fingerprint density at radius 1 is 0.840 bits per heavy atom. The molecule has 10 heteroatoms. The van der Waals surface area contributed by atoms with Crippen LogP contribution in [0.3, 0.4) is 0 Å². The zero-order valence-electron chi connectivity index (χ0n) is 12.7. The SMILES string of the molecule is O=S(=O)(Nc1c(F)cccc1F)c1cccc(S(=O)(=O)NC2CC2)c1. The fraction of sp³-hybridized carbons (Fsp3) is 0.200. The average Bonchev–Trinajstić information content (AvgIpc) is 3.35. The minimum absolute atomic E-state index is 0.143. The maximum Gasteiger partial charge on any atom is 0.262 e. The predicted octanol–water partition coefficient (Wildman–Crippen LogP) is 2.21. The number of hydrogen-bond donors (Lipinski definition) is 2. The highest BCUT2D eigenvalue weighted by molar-refractivity contribution is 7.93. The van der Waals surface area contributed by atoms with Gasteiger partial charge in [0.15, 0.2) is 0 Å². The van der Waals surface area contributed by atoms with Crippen LogP contribution in [0.5, 0.6) is 0 Å². The van der Waals surface area contributed by atoms with Crippen LogP contribution in [0.15, 0.2) is 52.3 Å². The third-order valence-electron chi connectivity index (χ3n) is 3.52. The summed E-state index contributed by atoms with van der Waals surface area (Å²) in [7, 11) is -8.24. The fourth-order valence-corrected chi connectivity index (χ4v) is 4.63. The molecule has 1 aliphatic carbocycles. The number of benzene rings is 2. The largest absolute Gasteiger partial charge is 0.274 e. The number of rotatable bonds is 6. The molecule has 3 rings (SSSR count). The van der Waals surface area contributed by atoms with Crippen molar-refractivity contribution < 1.29 is 25.6 Å². The Bertz CT molecular complexity index is 999. The first-order chi connectivity index (χ1) is 11.7. The van der Waals surface area contributed by atoms with Crippen molar-refractivity contribution in [2.45, 2.75) is 28.7 Å². The number of halogens is 2. The molecule has 0 heterocycles. The monoisotopic (exact) mass is 388 g/mol. The van der Waals surface area contributed by atoms with Gasteiger partial charge in [-0.2, -0.15) is 0 Å². The Labute approximate surface area is 144 Å². The Morgan fingerprint density at radius 3 is 1.92 bits per heavy atom. The van der Waals surface area contributed by atoms with Gasteiger partial charge in [-0.05, 0) is 43.2 Å². The lowest BCUT2D eigenvalue weighted by Crippen LogP contribution is -2.26. The molecule has 0 aromatic heterocycles. The standard InChI is InChI=1S/C15H14F2N2O4S2/c16-13-5-2-6-14(17)15(13)19-25(22,23)12-4-1-3-11(9-12)24(20,21)18-10-7-8-10/h1-6,9-10,18-19H,7-8H2. The van der Waals surface area contributed by atoms with Crippen molar-refractivity contribution in [3.8, 4) is 0 Å². The summed E-state index contributed by atoms with van der Waals surface area (Å²) in [6, 6.07) is 7.32. The lowest BCUT2D eigenvalue weighted by Gasteiger charge is -2.11. The second kappa shape index (κ2) is 6.36. The lowest BCUT2D eigenvalue weighted by atomic mass is 10.3. The van der Waals surface area contributed by atoms with E-state index in [1.54, 1.807) is 0 Å². The second-order valence-electron chi connectivity index (χ2n) is 5.57. The summed E-state index contributed by atoms with van der Waals surface area (Å²) >= 11 is 0. The Balaban J connectivity index is 1.94. The Hall–Kier alpha value is -2.04. The number of sulfonamides is 2. The molecule has 2 N–H and O–H groups in total. The maximum atomic E-state index is 13.6. The molecule has 1 fully saturated rings. The van der Waals surface area contributed by atoms with E-state index in [4.69, 9.17) is 0 Å². The number of hydrogen-bond acceptors (Lipinski definition) is 4. The molecule has 0 saturated heterocycles. The van der Waals surface area contributed by atoms with Gasteiger partial charge in [-0.25, -0.2) is 30.3 Å². The number of nitrogens with one attached hydrogen (secondary N) is 2. The molecule has 0 unspecified atom stereocenters. The molecule has 0 radical (unpaired) electrons. The molecule has 1 saturated carbocycles. The van der Waals surface area contributed by atoms with Crippen molar-refractivity contribution in [2.75, 3.05) is 4.72 Å². The molecule has 2 aromatic rings. The van der Waals surface area contributed by atoms with Crippen LogP contribution in [-0.4, -0.2) is 22.9 Å². The quantitative estimate of drug-likeness (QED) is 0.794. The maximum absolute atomic E-state index is 13.6. The van der Waals surface area contributed by atoms with Gasteiger partial charge in [-0.15, -0.1) is 0 Å². The molecule has 2 aromatic carbocycles. The highest BCUT2D eigenvalue weighted by Gasteiger charge is 2.29. The van der Waals surface area contributed by atoms with E-state index in [2.05, 4.69) is 4.72 Å². The first kappa shape index (κ1) is 17.8. The summed E-state index contributed by atoms with van der Waals surface area (Å²) in [5.41, 5.74) is -0.827. The van der Waals surface area contributed by atoms with Crippen molar-refractivity contribution in [1.29, 1.82) is 0 Å². The summed E-state index contributed by atoms with van der Waals surface area (Å²) in [6.07, 6.45) is 1.46. The molecule has 134 valence electrons. The molecule has 25 heavy (non-hydrogen) atoms. The number of para-hydroxylation sites is 1. The van der Waals surface area contributed by atoms with Crippen molar-refractivity contribution in [2.24, 2.45) is 0 Å². The van der Waals surface area contributed by atoms with Crippen LogP contribution in [0, 0.1) is 11.6 Å². The smallest absolute Gasteiger partial charge is 0.262 e. The van der Waals surface area contributed by atoms with E-state index in [1.807, 2.05) is 4.72 Å². The van der Waals surface area contributed by atoms with Gasteiger partial charge < -0.3 is 0 Å². The van der Waals surface area contributed by atoms with E-state index in [0.29, 0.717) is 0 Å². The first-order valence-electron chi connectivity index (χ1n) is 7.28. The lowest BCUT2D eigenvalue weighted by molar-refractivity contribution is 0.579. The van der Waals surface area contributed by atoms with Crippen LogP contribution in [0.25, 0.3) is 0 Å². The molecule has 0 amide bonds. The van der Waals surface area contributed by atoms with Gasteiger partial charge in [-0.3, -0.25) is 4.72 Å². The molecule has 0 atom stereocenters. The molecule has 0 bridgehead atoms. The van der Waals surface area contributed by atoms with E-state index in [9.17, 15) is 25.6 Å². The summed E-state index contributed by atoms with van der Waals surface area (Å²) < 4.78 is 80.6. The molecule has 1 aliphatic rings. The van der Waals surface area contributed by atoms with Crippen molar-refractivity contribution in [3.05, 3.63) is 54.1 Å². The van der Waals surface area contributed by atoms with Gasteiger partial charge in [0.25, 0.3) is 10.0 Å². The summed E-state index contributed by atoms with van der Waals surface area (Å²) in [4.78, 5) is -0.662. The third kappa shape index (κ3) is 3.97. The van der Waals surface area contributed by atoms with Crippen molar-refractivity contribution in [1.82, 2.24) is 4.72 Å². The van der Waals surface area contributed by atoms with Gasteiger partial charge >= 0.3 is 0 Å². The van der Waals surface area contributed by atoms with Crippen LogP contribution < -0.4 is 9.44 Å². The van der Waals surface area contributed by atoms with E-state index < -0.39 is 42.3 Å². The van der Waals surface area contributed by atoms with Gasteiger partial charge in [0.1, 0.15) is 17.3 Å². The minimum Gasteiger partial charge on any atom is -0.274 e. The molecular formula is C15H14F2N2O4S2. The highest BCUT2D eigenvalue weighted by Crippen LogP contribution is 2.25. The van der Waals surface area contributed by atoms with Gasteiger partial charge in [0.2, 0.25) is 10.0 Å². The van der Waals surface area contributed by atoms with E-state index in [-0.39, 0.29) is 10.9 Å². The molecule has 6 nitrogen and oxygen atoms in total. The third-order valence-corrected chi connectivity index (χ3v) is 6.39. The van der Waals surface area contributed by atoms with Crippen LogP contribution in [-0.2, 0) is 20.0 Å². The Kier molecular flexibility index (Phi) is 4.52. The van der Waals surface area contributed by atoms with E-state index in [0.717, 1.165) is 43.2 Å². The van der Waals surface area contributed by atoms with Crippen LogP contribution in [0.4, 0.5) is 14.5 Å². The highest BCUT2D eigenvalue weighted by atomic mass is 32.2. The van der Waals surface area contributed by atoms with Gasteiger partial charge in [0.05, 0.1) is 9.79 Å². The van der Waals surface area contributed by atoms with E-state index in [1.165, 1.54) is 12.1 Å². The normalized spacial score (nSPS) is 15.1.